The predicted octanol–water partition coefficient (Wildman–Crippen LogP) is 3.64. The summed E-state index contributed by atoms with van der Waals surface area (Å²) in [5.41, 5.74) is 3.33. The maximum atomic E-state index is 12.6. The number of nitrogens with zero attached hydrogens (tertiary/aromatic N) is 3. The molecule has 1 amide bonds. The molecular formula is C23H30N4O. The lowest BCUT2D eigenvalue weighted by atomic mass is 10.1. The Balaban J connectivity index is 1.32. The van der Waals surface area contributed by atoms with Crippen molar-refractivity contribution in [3.05, 3.63) is 53.7 Å². The van der Waals surface area contributed by atoms with Crippen LogP contribution in [0.15, 0.2) is 42.6 Å². The van der Waals surface area contributed by atoms with Gasteiger partial charge in [0.1, 0.15) is 5.82 Å². The molecule has 1 atom stereocenters. The van der Waals surface area contributed by atoms with Crippen LogP contribution < -0.4 is 15.1 Å². The Morgan fingerprint density at radius 3 is 2.61 bits per heavy atom. The number of aromatic nitrogens is 1. The molecule has 1 unspecified atom stereocenters. The van der Waals surface area contributed by atoms with E-state index >= 15 is 0 Å². The first-order chi connectivity index (χ1) is 13.7. The van der Waals surface area contributed by atoms with Gasteiger partial charge in [-0.15, -0.1) is 0 Å². The Labute approximate surface area is 167 Å². The summed E-state index contributed by atoms with van der Waals surface area (Å²) in [5.74, 6) is 0.940. The standard InChI is InChI=1S/C23H30N4O/c1-18(27-15-12-19-8-4-5-9-21(19)27)16-25-23(28)20-10-11-22(24-17-20)26-13-6-2-3-7-14-26/h4-5,8-11,17-18H,2-3,6-7,12-16H2,1H3,(H,25,28). The van der Waals surface area contributed by atoms with Crippen molar-refractivity contribution in [1.82, 2.24) is 10.3 Å². The summed E-state index contributed by atoms with van der Waals surface area (Å²) in [7, 11) is 0. The monoisotopic (exact) mass is 378 g/mol. The minimum atomic E-state index is -0.0470. The van der Waals surface area contributed by atoms with Gasteiger partial charge in [-0.2, -0.15) is 0 Å². The fourth-order valence-electron chi connectivity index (χ4n) is 4.28. The highest BCUT2D eigenvalue weighted by molar-refractivity contribution is 5.94. The predicted molar refractivity (Wildman–Crippen MR) is 114 cm³/mol. The van der Waals surface area contributed by atoms with Gasteiger partial charge in [-0.1, -0.05) is 31.0 Å². The third kappa shape index (κ3) is 4.13. The first kappa shape index (κ1) is 18.8. The van der Waals surface area contributed by atoms with Crippen molar-refractivity contribution in [2.45, 2.75) is 45.1 Å². The number of rotatable bonds is 5. The van der Waals surface area contributed by atoms with Gasteiger partial charge in [0.25, 0.3) is 5.91 Å². The van der Waals surface area contributed by atoms with Crippen molar-refractivity contribution in [3.63, 3.8) is 0 Å². The summed E-state index contributed by atoms with van der Waals surface area (Å²) in [6.07, 6.45) is 7.85. The van der Waals surface area contributed by atoms with E-state index in [1.807, 2.05) is 12.1 Å². The van der Waals surface area contributed by atoms with Crippen molar-refractivity contribution in [1.29, 1.82) is 0 Å². The summed E-state index contributed by atoms with van der Waals surface area (Å²) in [6.45, 7) is 5.94. The van der Waals surface area contributed by atoms with Gasteiger partial charge in [0.15, 0.2) is 0 Å². The fourth-order valence-corrected chi connectivity index (χ4v) is 4.28. The van der Waals surface area contributed by atoms with E-state index in [1.165, 1.54) is 36.9 Å². The third-order valence-corrected chi connectivity index (χ3v) is 5.95. The molecule has 0 radical (unpaired) electrons. The molecule has 2 aromatic rings. The molecule has 1 fully saturated rings. The molecule has 5 heteroatoms. The van der Waals surface area contributed by atoms with Crippen LogP contribution in [0.5, 0.6) is 0 Å². The highest BCUT2D eigenvalue weighted by Gasteiger charge is 2.23. The Morgan fingerprint density at radius 2 is 1.86 bits per heavy atom. The normalized spacial score (nSPS) is 17.8. The first-order valence-electron chi connectivity index (χ1n) is 10.6. The SMILES string of the molecule is CC(CNC(=O)c1ccc(N2CCCCCC2)nc1)N1CCc2ccccc21. The summed E-state index contributed by atoms with van der Waals surface area (Å²) in [5, 5.41) is 3.08. The molecule has 1 aromatic carbocycles. The van der Waals surface area contributed by atoms with Crippen molar-refractivity contribution in [2.24, 2.45) is 0 Å². The second kappa shape index (κ2) is 8.63. The Kier molecular flexibility index (Phi) is 5.79. The molecule has 3 heterocycles. The molecule has 1 N–H and O–H groups in total. The van der Waals surface area contributed by atoms with E-state index in [9.17, 15) is 4.79 Å². The van der Waals surface area contributed by atoms with Crippen LogP contribution in [0, 0.1) is 0 Å². The lowest BCUT2D eigenvalue weighted by Crippen LogP contribution is -2.41. The van der Waals surface area contributed by atoms with Gasteiger partial charge >= 0.3 is 0 Å². The summed E-state index contributed by atoms with van der Waals surface area (Å²) < 4.78 is 0. The van der Waals surface area contributed by atoms with Gasteiger partial charge in [-0.25, -0.2) is 4.98 Å². The van der Waals surface area contributed by atoms with E-state index in [0.717, 1.165) is 31.9 Å². The van der Waals surface area contributed by atoms with Crippen LogP contribution in [-0.4, -0.2) is 43.1 Å². The summed E-state index contributed by atoms with van der Waals surface area (Å²) >= 11 is 0. The largest absolute Gasteiger partial charge is 0.366 e. The molecule has 148 valence electrons. The highest BCUT2D eigenvalue weighted by Crippen LogP contribution is 2.28. The van der Waals surface area contributed by atoms with Crippen LogP contribution in [0.25, 0.3) is 0 Å². The zero-order valence-corrected chi connectivity index (χ0v) is 16.7. The molecule has 2 aliphatic rings. The van der Waals surface area contributed by atoms with Gasteiger partial charge in [0.05, 0.1) is 5.56 Å². The number of hydrogen-bond donors (Lipinski definition) is 1. The lowest BCUT2D eigenvalue weighted by molar-refractivity contribution is 0.0951. The summed E-state index contributed by atoms with van der Waals surface area (Å²) in [4.78, 5) is 21.8. The van der Waals surface area contributed by atoms with E-state index in [1.54, 1.807) is 6.20 Å². The van der Waals surface area contributed by atoms with Gasteiger partial charge in [0, 0.05) is 44.1 Å². The average molecular weight is 379 g/mol. The van der Waals surface area contributed by atoms with Crippen LogP contribution in [-0.2, 0) is 6.42 Å². The highest BCUT2D eigenvalue weighted by atomic mass is 16.1. The number of benzene rings is 1. The molecule has 0 saturated carbocycles. The first-order valence-corrected chi connectivity index (χ1v) is 10.6. The number of hydrogen-bond acceptors (Lipinski definition) is 4. The van der Waals surface area contributed by atoms with Crippen LogP contribution in [0.4, 0.5) is 11.5 Å². The summed E-state index contributed by atoms with van der Waals surface area (Å²) in [6, 6.07) is 12.7. The molecular weight excluding hydrogens is 348 g/mol. The molecule has 0 aliphatic carbocycles. The number of para-hydroxylation sites is 1. The minimum Gasteiger partial charge on any atom is -0.366 e. The Hall–Kier alpha value is -2.56. The molecule has 0 bridgehead atoms. The number of anilines is 2. The number of nitrogens with one attached hydrogen (secondary N) is 1. The van der Waals surface area contributed by atoms with Gasteiger partial charge in [-0.05, 0) is 49.9 Å². The average Bonchev–Trinajstić information content (AvgIpc) is 2.98. The zero-order valence-electron chi connectivity index (χ0n) is 16.7. The van der Waals surface area contributed by atoms with Crippen LogP contribution in [0.3, 0.4) is 0 Å². The Morgan fingerprint density at radius 1 is 1.07 bits per heavy atom. The van der Waals surface area contributed by atoms with E-state index in [4.69, 9.17) is 0 Å². The number of carbonyl (C=O) groups excluding carboxylic acids is 1. The van der Waals surface area contributed by atoms with E-state index in [-0.39, 0.29) is 11.9 Å². The van der Waals surface area contributed by atoms with E-state index in [2.05, 4.69) is 51.3 Å². The van der Waals surface area contributed by atoms with Crippen molar-refractivity contribution < 1.29 is 4.79 Å². The molecule has 5 nitrogen and oxygen atoms in total. The van der Waals surface area contributed by atoms with Gasteiger partial charge in [-0.3, -0.25) is 4.79 Å². The van der Waals surface area contributed by atoms with Crippen molar-refractivity contribution in [2.75, 3.05) is 36.0 Å². The number of fused-ring (bicyclic) bond motifs is 1. The maximum absolute atomic E-state index is 12.6. The maximum Gasteiger partial charge on any atom is 0.252 e. The second-order valence-electron chi connectivity index (χ2n) is 7.94. The molecule has 28 heavy (non-hydrogen) atoms. The molecule has 1 aromatic heterocycles. The van der Waals surface area contributed by atoms with Crippen LogP contribution >= 0.6 is 0 Å². The van der Waals surface area contributed by atoms with Crippen LogP contribution in [0.1, 0.15) is 48.5 Å². The van der Waals surface area contributed by atoms with Crippen molar-refractivity contribution >= 4 is 17.4 Å². The second-order valence-corrected chi connectivity index (χ2v) is 7.94. The number of pyridine rings is 1. The molecule has 1 saturated heterocycles. The minimum absolute atomic E-state index is 0.0470. The van der Waals surface area contributed by atoms with Gasteiger partial charge < -0.3 is 15.1 Å². The fraction of sp³-hybridized carbons (Fsp3) is 0.478. The Bertz CT molecular complexity index is 797. The van der Waals surface area contributed by atoms with E-state index in [0.29, 0.717) is 12.1 Å². The molecule has 0 spiro atoms. The smallest absolute Gasteiger partial charge is 0.252 e. The quantitative estimate of drug-likeness (QED) is 0.863. The van der Waals surface area contributed by atoms with Gasteiger partial charge in [0.2, 0.25) is 0 Å². The number of carbonyl (C=O) groups is 1. The molecule has 4 rings (SSSR count). The molecule has 2 aliphatic heterocycles. The number of amides is 1. The lowest BCUT2D eigenvalue weighted by Gasteiger charge is -2.27. The van der Waals surface area contributed by atoms with E-state index < -0.39 is 0 Å². The topological polar surface area (TPSA) is 48.5 Å². The zero-order chi connectivity index (χ0) is 19.3. The third-order valence-electron chi connectivity index (χ3n) is 5.95. The van der Waals surface area contributed by atoms with Crippen LogP contribution in [0.2, 0.25) is 0 Å². The van der Waals surface area contributed by atoms with Crippen molar-refractivity contribution in [3.8, 4) is 0 Å².